The second kappa shape index (κ2) is 7.13. The van der Waals surface area contributed by atoms with Gasteiger partial charge >= 0.3 is 0 Å². The molecule has 0 saturated heterocycles. The fraction of sp³-hybridized carbons (Fsp3) is 0.143. The largest absolute Gasteiger partial charge is 0.750 e. The van der Waals surface area contributed by atoms with E-state index < -0.39 is 11.4 Å². The molecule has 1 unspecified atom stereocenters. The molecule has 6 nitrogen and oxygen atoms in total. The molecular formula is C7H10N2O4S. The van der Waals surface area contributed by atoms with Gasteiger partial charge in [0.25, 0.3) is 0 Å². The van der Waals surface area contributed by atoms with Crippen LogP contribution in [0.5, 0.6) is 0 Å². The third kappa shape index (κ3) is 6.23. The van der Waals surface area contributed by atoms with Gasteiger partial charge in [0.2, 0.25) is 5.69 Å². The van der Waals surface area contributed by atoms with Crippen molar-refractivity contribution in [2.75, 3.05) is 0 Å². The van der Waals surface area contributed by atoms with E-state index in [1.54, 1.807) is 0 Å². The molecule has 0 aliphatic heterocycles. The average molecular weight is 218 g/mol. The Balaban J connectivity index is 0.000000364. The lowest BCUT2D eigenvalue weighted by Gasteiger charge is -1.88. The van der Waals surface area contributed by atoms with Gasteiger partial charge in [0, 0.05) is 12.1 Å². The van der Waals surface area contributed by atoms with Crippen molar-refractivity contribution < 1.29 is 23.1 Å². The Hall–Kier alpha value is -1.31. The number of rotatable bonds is 1. The topological polar surface area (TPSA) is 96.8 Å². The molecule has 14 heavy (non-hydrogen) atoms. The minimum absolute atomic E-state index is 0.866. The van der Waals surface area contributed by atoms with Gasteiger partial charge in [0.1, 0.15) is 13.3 Å². The molecule has 0 aromatic carbocycles. The summed E-state index contributed by atoms with van der Waals surface area (Å²) in [6, 6.07) is 5.66. The van der Waals surface area contributed by atoms with Crippen LogP contribution in [0.15, 0.2) is 29.6 Å². The summed E-state index contributed by atoms with van der Waals surface area (Å²) in [5.74, 6) is 0. The first kappa shape index (κ1) is 12.7. The molecule has 0 radical (unpaired) electrons. The number of aryl methyl sites for hydroxylation is 1. The number of aromatic nitrogens is 1. The van der Waals surface area contributed by atoms with Gasteiger partial charge in [-0.25, -0.2) is 8.78 Å². The van der Waals surface area contributed by atoms with Crippen molar-refractivity contribution >= 4 is 17.6 Å². The minimum Gasteiger partial charge on any atom is -0.750 e. The predicted octanol–water partition coefficient (Wildman–Crippen LogP) is -0.342. The Morgan fingerprint density at radius 1 is 1.64 bits per heavy atom. The van der Waals surface area contributed by atoms with Crippen LogP contribution in [0.1, 0.15) is 5.69 Å². The van der Waals surface area contributed by atoms with E-state index in [4.69, 9.17) is 18.5 Å². The Kier molecular flexibility index (Phi) is 6.46. The van der Waals surface area contributed by atoms with Crippen LogP contribution in [0.2, 0.25) is 0 Å². The van der Waals surface area contributed by atoms with Gasteiger partial charge in [-0.1, -0.05) is 5.16 Å². The zero-order valence-electron chi connectivity index (χ0n) is 7.40. The molecule has 0 fully saturated rings. The second-order valence-corrected chi connectivity index (χ2v) is 2.63. The molecule has 0 bridgehead atoms. The van der Waals surface area contributed by atoms with E-state index in [0.717, 1.165) is 5.69 Å². The molecule has 0 aliphatic rings. The number of pyridine rings is 1. The third-order valence-corrected chi connectivity index (χ3v) is 1.29. The number of nitrogens with zero attached hydrogens (tertiary/aromatic N) is 2. The van der Waals surface area contributed by atoms with Gasteiger partial charge in [-0.05, 0) is 6.07 Å². The van der Waals surface area contributed by atoms with Gasteiger partial charge < -0.3 is 14.3 Å². The van der Waals surface area contributed by atoms with Crippen LogP contribution in [0, 0.1) is 0 Å². The normalized spacial score (nSPS) is 11.9. The quantitative estimate of drug-likeness (QED) is 0.221. The van der Waals surface area contributed by atoms with E-state index in [-0.39, 0.29) is 0 Å². The van der Waals surface area contributed by atoms with Crippen LogP contribution >= 0.6 is 0 Å². The standard InChI is InChI=1S/C7H8N2O.H2O3S/c1-9-5-3-2-4-7(9)6-8-10;1-4(2)3/h2-6H,1H3;(H2,1,2,3). The summed E-state index contributed by atoms with van der Waals surface area (Å²) in [5.41, 5.74) is 0.866. The molecule has 1 aromatic rings. The van der Waals surface area contributed by atoms with Crippen molar-refractivity contribution in [3.8, 4) is 0 Å². The average Bonchev–Trinajstić information content (AvgIpc) is 2.08. The number of hydrogen-bond donors (Lipinski definition) is 2. The Morgan fingerprint density at radius 2 is 2.21 bits per heavy atom. The number of hydrogen-bond acceptors (Lipinski definition) is 4. The van der Waals surface area contributed by atoms with E-state index in [1.165, 1.54) is 6.21 Å². The zero-order chi connectivity index (χ0) is 11.0. The summed E-state index contributed by atoms with van der Waals surface area (Å²) in [7, 11) is 1.89. The first-order valence-corrected chi connectivity index (χ1v) is 4.51. The van der Waals surface area contributed by atoms with Gasteiger partial charge in [-0.2, -0.15) is 0 Å². The van der Waals surface area contributed by atoms with Gasteiger partial charge in [0.05, 0.1) is 11.4 Å². The van der Waals surface area contributed by atoms with Crippen LogP contribution in [0.3, 0.4) is 0 Å². The SMILES string of the molecule is C[n+]1ccccc1C=NO.O=S([O-])O. The van der Waals surface area contributed by atoms with Crippen molar-refractivity contribution in [2.45, 2.75) is 0 Å². The molecule has 1 heterocycles. The maximum absolute atomic E-state index is 8.56. The fourth-order valence-corrected chi connectivity index (χ4v) is 0.730. The van der Waals surface area contributed by atoms with E-state index in [0.29, 0.717) is 0 Å². The van der Waals surface area contributed by atoms with E-state index in [1.807, 2.05) is 36.0 Å². The van der Waals surface area contributed by atoms with E-state index in [2.05, 4.69) is 5.16 Å². The Labute approximate surface area is 83.6 Å². The van der Waals surface area contributed by atoms with Gasteiger partial charge in [0.15, 0.2) is 6.20 Å². The summed E-state index contributed by atoms with van der Waals surface area (Å²) >= 11 is -2.86. The lowest BCUT2D eigenvalue weighted by Crippen LogP contribution is -2.32. The van der Waals surface area contributed by atoms with Crippen molar-refractivity contribution in [2.24, 2.45) is 12.2 Å². The Morgan fingerprint density at radius 3 is 2.64 bits per heavy atom. The maximum atomic E-state index is 8.56. The van der Waals surface area contributed by atoms with E-state index >= 15 is 0 Å². The lowest BCUT2D eigenvalue weighted by atomic mass is 10.4. The summed E-state index contributed by atoms with van der Waals surface area (Å²) < 4.78 is 25.9. The Bertz CT molecular complexity index is 325. The lowest BCUT2D eigenvalue weighted by molar-refractivity contribution is -0.672. The maximum Gasteiger partial charge on any atom is 0.226 e. The second-order valence-electron chi connectivity index (χ2n) is 2.20. The highest BCUT2D eigenvalue weighted by molar-refractivity contribution is 7.73. The van der Waals surface area contributed by atoms with Crippen LogP contribution in [0.25, 0.3) is 0 Å². The highest BCUT2D eigenvalue weighted by Gasteiger charge is 1.98. The molecule has 7 heteroatoms. The van der Waals surface area contributed by atoms with Crippen molar-refractivity contribution in [3.05, 3.63) is 30.1 Å². The van der Waals surface area contributed by atoms with Crippen LogP contribution in [-0.2, 0) is 18.4 Å². The summed E-state index contributed by atoms with van der Waals surface area (Å²) in [4.78, 5) is 0. The van der Waals surface area contributed by atoms with Crippen molar-refractivity contribution in [3.63, 3.8) is 0 Å². The smallest absolute Gasteiger partial charge is 0.226 e. The molecule has 1 atom stereocenters. The molecule has 0 aliphatic carbocycles. The first-order valence-electron chi connectivity index (χ1n) is 3.48. The summed E-state index contributed by atoms with van der Waals surface area (Å²) in [6.07, 6.45) is 3.27. The molecule has 0 amide bonds. The van der Waals surface area contributed by atoms with Crippen LogP contribution in [0.4, 0.5) is 0 Å². The van der Waals surface area contributed by atoms with Crippen LogP contribution < -0.4 is 4.57 Å². The molecular weight excluding hydrogens is 208 g/mol. The molecule has 78 valence electrons. The highest BCUT2D eigenvalue weighted by atomic mass is 32.2. The predicted molar refractivity (Wildman–Crippen MR) is 48.5 cm³/mol. The molecule has 0 spiro atoms. The number of oxime groups is 1. The third-order valence-electron chi connectivity index (χ3n) is 1.29. The summed E-state index contributed by atoms with van der Waals surface area (Å²) in [6.45, 7) is 0. The summed E-state index contributed by atoms with van der Waals surface area (Å²) in [5, 5.41) is 11.1. The zero-order valence-corrected chi connectivity index (χ0v) is 8.22. The first-order chi connectivity index (χ1) is 6.57. The van der Waals surface area contributed by atoms with Crippen molar-refractivity contribution in [1.82, 2.24) is 0 Å². The van der Waals surface area contributed by atoms with Crippen LogP contribution in [-0.4, -0.2) is 24.7 Å². The minimum atomic E-state index is -2.86. The molecule has 2 N–H and O–H groups in total. The molecule has 0 saturated carbocycles. The van der Waals surface area contributed by atoms with Crippen molar-refractivity contribution in [1.29, 1.82) is 0 Å². The highest BCUT2D eigenvalue weighted by Crippen LogP contribution is 1.84. The van der Waals surface area contributed by atoms with E-state index in [9.17, 15) is 0 Å². The molecule has 1 aromatic heterocycles. The van der Waals surface area contributed by atoms with Gasteiger partial charge in [-0.15, -0.1) is 0 Å². The van der Waals surface area contributed by atoms with Gasteiger partial charge in [-0.3, -0.25) is 0 Å². The molecule has 1 rings (SSSR count). The fourth-order valence-electron chi connectivity index (χ4n) is 0.730. The monoisotopic (exact) mass is 218 g/mol.